The van der Waals surface area contributed by atoms with Crippen LogP contribution in [-0.4, -0.2) is 24.5 Å². The molecule has 0 aromatic heterocycles. The Bertz CT molecular complexity index is 792. The van der Waals surface area contributed by atoms with Gasteiger partial charge in [0.15, 0.2) is 0 Å². The van der Waals surface area contributed by atoms with Gasteiger partial charge in [-0.2, -0.15) is 0 Å². The lowest BCUT2D eigenvalue weighted by molar-refractivity contribution is -0.123. The highest BCUT2D eigenvalue weighted by Gasteiger charge is 2.16. The van der Waals surface area contributed by atoms with Gasteiger partial charge in [-0.3, -0.25) is 9.59 Å². The Morgan fingerprint density at radius 3 is 2.27 bits per heavy atom. The average molecular weight is 434 g/mol. The predicted octanol–water partition coefficient (Wildman–Crippen LogP) is 3.81. The maximum Gasteiger partial charge on any atom is 0.237 e. The van der Waals surface area contributed by atoms with Crippen LogP contribution in [0.3, 0.4) is 0 Å². The van der Waals surface area contributed by atoms with E-state index in [1.54, 1.807) is 0 Å². The molecule has 4 N–H and O–H groups in total. The quantitative estimate of drug-likeness (QED) is 0.496. The molecule has 1 atom stereocenters. The molecule has 2 aromatic rings. The molecule has 0 heterocycles. The molecule has 0 saturated carbocycles. The van der Waals surface area contributed by atoms with Crippen molar-refractivity contribution < 1.29 is 14.3 Å². The van der Waals surface area contributed by atoms with Gasteiger partial charge in [0.05, 0.1) is 12.6 Å². The van der Waals surface area contributed by atoms with Crippen LogP contribution in [0.5, 0.6) is 5.75 Å². The molecule has 2 aromatic carbocycles. The Morgan fingerprint density at radius 1 is 1.03 bits per heavy atom. The number of ether oxygens (including phenoxy) is 1. The third-order valence-corrected chi connectivity index (χ3v) is 4.56. The molecular weight excluding hydrogens is 402 g/mol. The summed E-state index contributed by atoms with van der Waals surface area (Å²) in [6.07, 6.45) is 1.02. The first-order valence-electron chi connectivity index (χ1n) is 9.96. The van der Waals surface area contributed by atoms with Crippen molar-refractivity contribution in [2.24, 2.45) is 11.7 Å². The van der Waals surface area contributed by atoms with E-state index in [1.807, 2.05) is 69.3 Å². The summed E-state index contributed by atoms with van der Waals surface area (Å²) in [5, 5.41) is 5.70. The molecule has 0 bridgehead atoms. The Labute approximate surface area is 185 Å². The zero-order valence-corrected chi connectivity index (χ0v) is 18.6. The van der Waals surface area contributed by atoms with Crippen LogP contribution in [-0.2, 0) is 16.1 Å². The van der Waals surface area contributed by atoms with Crippen molar-refractivity contribution in [2.45, 2.75) is 46.2 Å². The van der Waals surface area contributed by atoms with Gasteiger partial charge >= 0.3 is 0 Å². The van der Waals surface area contributed by atoms with Crippen LogP contribution in [0.4, 0.5) is 5.69 Å². The summed E-state index contributed by atoms with van der Waals surface area (Å²) >= 11 is 0. The molecule has 164 valence electrons. The smallest absolute Gasteiger partial charge is 0.237 e. The molecular formula is C23H32ClN3O3. The number of carbonyl (C=O) groups excluding carboxylic acids is 2. The van der Waals surface area contributed by atoms with Crippen LogP contribution >= 0.6 is 12.4 Å². The lowest BCUT2D eigenvalue weighted by Crippen LogP contribution is -2.43. The second kappa shape index (κ2) is 12.9. The number of halogens is 1. The zero-order chi connectivity index (χ0) is 21.2. The van der Waals surface area contributed by atoms with E-state index in [0.29, 0.717) is 26.0 Å². The number of benzene rings is 2. The van der Waals surface area contributed by atoms with Gasteiger partial charge in [-0.1, -0.05) is 43.7 Å². The normalized spacial score (nSPS) is 11.4. The first-order valence-corrected chi connectivity index (χ1v) is 9.96. The molecule has 7 heteroatoms. The minimum Gasteiger partial charge on any atom is -0.494 e. The summed E-state index contributed by atoms with van der Waals surface area (Å²) in [5.74, 6) is 0.689. The van der Waals surface area contributed by atoms with Gasteiger partial charge < -0.3 is 21.1 Å². The summed E-state index contributed by atoms with van der Waals surface area (Å²) in [6, 6.07) is 14.7. The molecule has 0 fully saturated rings. The van der Waals surface area contributed by atoms with Crippen LogP contribution in [0, 0.1) is 12.8 Å². The maximum absolute atomic E-state index is 12.1. The van der Waals surface area contributed by atoms with Gasteiger partial charge in [0, 0.05) is 18.7 Å². The third kappa shape index (κ3) is 8.84. The Hall–Kier alpha value is -2.57. The molecule has 0 aliphatic heterocycles. The third-order valence-electron chi connectivity index (χ3n) is 4.56. The summed E-state index contributed by atoms with van der Waals surface area (Å²) in [7, 11) is 0. The van der Waals surface area contributed by atoms with Gasteiger partial charge in [-0.25, -0.2) is 0 Å². The lowest BCUT2D eigenvalue weighted by atomic mass is 10.0. The highest BCUT2D eigenvalue weighted by Crippen LogP contribution is 2.13. The van der Waals surface area contributed by atoms with Crippen molar-refractivity contribution in [3.8, 4) is 5.75 Å². The van der Waals surface area contributed by atoms with E-state index < -0.39 is 6.04 Å². The number of nitrogens with two attached hydrogens (primary N) is 1. The van der Waals surface area contributed by atoms with E-state index >= 15 is 0 Å². The van der Waals surface area contributed by atoms with E-state index in [0.717, 1.165) is 17.0 Å². The Morgan fingerprint density at radius 2 is 1.67 bits per heavy atom. The van der Waals surface area contributed by atoms with Crippen molar-refractivity contribution in [3.05, 3.63) is 59.7 Å². The number of carbonyl (C=O) groups is 2. The molecule has 0 radical (unpaired) electrons. The number of amides is 2. The topological polar surface area (TPSA) is 93.5 Å². The summed E-state index contributed by atoms with van der Waals surface area (Å²) in [5.41, 5.74) is 8.68. The molecule has 0 aliphatic carbocycles. The molecule has 2 amide bonds. The first kappa shape index (κ1) is 25.5. The van der Waals surface area contributed by atoms with E-state index in [2.05, 4.69) is 10.6 Å². The van der Waals surface area contributed by atoms with Crippen molar-refractivity contribution >= 4 is 29.9 Å². The van der Waals surface area contributed by atoms with Crippen molar-refractivity contribution in [2.75, 3.05) is 11.9 Å². The van der Waals surface area contributed by atoms with Crippen molar-refractivity contribution in [1.29, 1.82) is 0 Å². The highest BCUT2D eigenvalue weighted by molar-refractivity contribution is 5.90. The van der Waals surface area contributed by atoms with Gasteiger partial charge in [-0.05, 0) is 49.1 Å². The minimum atomic E-state index is -0.511. The van der Waals surface area contributed by atoms with Gasteiger partial charge in [-0.15, -0.1) is 12.4 Å². The van der Waals surface area contributed by atoms with Gasteiger partial charge in [0.25, 0.3) is 0 Å². The molecule has 30 heavy (non-hydrogen) atoms. The molecule has 0 spiro atoms. The molecule has 0 saturated heterocycles. The van der Waals surface area contributed by atoms with E-state index in [4.69, 9.17) is 10.5 Å². The second-order valence-corrected chi connectivity index (χ2v) is 7.50. The number of aryl methyl sites for hydroxylation is 1. The zero-order valence-electron chi connectivity index (χ0n) is 17.8. The van der Waals surface area contributed by atoms with E-state index in [1.165, 1.54) is 5.56 Å². The first-order chi connectivity index (χ1) is 13.8. The van der Waals surface area contributed by atoms with Crippen LogP contribution in [0.15, 0.2) is 48.5 Å². The number of rotatable bonds is 10. The summed E-state index contributed by atoms with van der Waals surface area (Å²) < 4.78 is 5.63. The standard InChI is InChI=1S/C23H31N3O3.ClH/c1-16(2)22(24)23(28)25-15-18-8-10-19(11-9-18)26-21(27)5-4-14-29-20-12-6-17(3)7-13-20;/h6-13,16,22H,4-5,14-15,24H2,1-3H3,(H,25,28)(H,26,27);1H/t22-;/m0./s1. The minimum absolute atomic E-state index is 0. The fourth-order valence-electron chi connectivity index (χ4n) is 2.60. The summed E-state index contributed by atoms with van der Waals surface area (Å²) in [4.78, 5) is 24.0. The fourth-order valence-corrected chi connectivity index (χ4v) is 2.60. The van der Waals surface area contributed by atoms with Crippen molar-refractivity contribution in [1.82, 2.24) is 5.32 Å². The largest absolute Gasteiger partial charge is 0.494 e. The maximum atomic E-state index is 12.1. The van der Waals surface area contributed by atoms with Crippen LogP contribution in [0.1, 0.15) is 37.8 Å². The fraction of sp³-hybridized carbons (Fsp3) is 0.391. The van der Waals surface area contributed by atoms with Crippen LogP contribution < -0.4 is 21.1 Å². The van der Waals surface area contributed by atoms with E-state index in [-0.39, 0.29) is 30.1 Å². The predicted molar refractivity (Wildman–Crippen MR) is 123 cm³/mol. The van der Waals surface area contributed by atoms with Gasteiger partial charge in [0.2, 0.25) is 11.8 Å². The second-order valence-electron chi connectivity index (χ2n) is 7.50. The average Bonchev–Trinajstić information content (AvgIpc) is 2.71. The lowest BCUT2D eigenvalue weighted by Gasteiger charge is -2.15. The molecule has 2 rings (SSSR count). The number of nitrogens with one attached hydrogen (secondary N) is 2. The number of anilines is 1. The van der Waals surface area contributed by atoms with E-state index in [9.17, 15) is 9.59 Å². The number of hydrogen-bond donors (Lipinski definition) is 3. The molecule has 0 aliphatic rings. The Balaban J connectivity index is 0.00000450. The van der Waals surface area contributed by atoms with Gasteiger partial charge in [0.1, 0.15) is 5.75 Å². The Kier molecular flexibility index (Phi) is 10.9. The van der Waals surface area contributed by atoms with Crippen molar-refractivity contribution in [3.63, 3.8) is 0 Å². The molecule has 0 unspecified atom stereocenters. The number of hydrogen-bond acceptors (Lipinski definition) is 4. The van der Waals surface area contributed by atoms with Crippen LogP contribution in [0.25, 0.3) is 0 Å². The monoisotopic (exact) mass is 433 g/mol. The highest BCUT2D eigenvalue weighted by atomic mass is 35.5. The SMILES string of the molecule is Cc1ccc(OCCCC(=O)Nc2ccc(CNC(=O)[C@@H](N)C(C)C)cc2)cc1.Cl. The summed E-state index contributed by atoms with van der Waals surface area (Å²) in [6.45, 7) is 6.75. The van der Waals surface area contributed by atoms with Crippen LogP contribution in [0.2, 0.25) is 0 Å². The molecule has 6 nitrogen and oxygen atoms in total.